The number of pyridine rings is 1. The molecule has 4 heterocycles. The molecule has 2 aliphatic rings. The number of ether oxygens (including phenoxy) is 1. The first-order valence-electron chi connectivity index (χ1n) is 10.5. The van der Waals surface area contributed by atoms with Gasteiger partial charge in [0.1, 0.15) is 16.1 Å². The molecule has 0 spiro atoms. The SMILES string of the molecule is O=C(Cn1c(=O)n(C[C@H]2CCCO2)c(=O)c2sc3ncccc3c21)NC1CCCC1. The first-order chi connectivity index (χ1) is 14.6. The Morgan fingerprint density at radius 3 is 2.80 bits per heavy atom. The first-order valence-corrected chi connectivity index (χ1v) is 11.4. The summed E-state index contributed by atoms with van der Waals surface area (Å²) in [5, 5.41) is 3.77. The van der Waals surface area contributed by atoms with Gasteiger partial charge in [0.25, 0.3) is 5.56 Å². The highest BCUT2D eigenvalue weighted by atomic mass is 32.1. The van der Waals surface area contributed by atoms with E-state index in [1.54, 1.807) is 12.3 Å². The van der Waals surface area contributed by atoms with Crippen molar-refractivity contribution in [1.82, 2.24) is 19.4 Å². The van der Waals surface area contributed by atoms with Crippen molar-refractivity contribution >= 4 is 37.7 Å². The fraction of sp³-hybridized carbons (Fsp3) is 0.524. The molecule has 30 heavy (non-hydrogen) atoms. The molecule has 3 aromatic rings. The smallest absolute Gasteiger partial charge is 0.332 e. The minimum atomic E-state index is -0.465. The molecule has 8 nitrogen and oxygen atoms in total. The molecule has 0 unspecified atom stereocenters. The number of carbonyl (C=O) groups excluding carboxylic acids is 1. The van der Waals surface area contributed by atoms with Crippen molar-refractivity contribution in [3.63, 3.8) is 0 Å². The van der Waals surface area contributed by atoms with E-state index in [1.807, 2.05) is 6.07 Å². The lowest BCUT2D eigenvalue weighted by Crippen LogP contribution is -2.45. The third kappa shape index (κ3) is 3.45. The van der Waals surface area contributed by atoms with Gasteiger partial charge in [-0.05, 0) is 37.8 Å². The van der Waals surface area contributed by atoms with Gasteiger partial charge in [0, 0.05) is 24.2 Å². The van der Waals surface area contributed by atoms with Crippen molar-refractivity contribution in [1.29, 1.82) is 0 Å². The maximum absolute atomic E-state index is 13.4. The van der Waals surface area contributed by atoms with Gasteiger partial charge >= 0.3 is 5.69 Å². The van der Waals surface area contributed by atoms with Crippen LogP contribution in [0.3, 0.4) is 0 Å². The number of carbonyl (C=O) groups is 1. The van der Waals surface area contributed by atoms with Crippen LogP contribution in [0, 0.1) is 0 Å². The molecule has 1 amide bonds. The topological polar surface area (TPSA) is 95.2 Å². The van der Waals surface area contributed by atoms with Crippen molar-refractivity contribution in [2.24, 2.45) is 0 Å². The summed E-state index contributed by atoms with van der Waals surface area (Å²) in [6, 6.07) is 3.79. The zero-order valence-electron chi connectivity index (χ0n) is 16.6. The van der Waals surface area contributed by atoms with E-state index in [2.05, 4.69) is 10.3 Å². The number of amides is 1. The Morgan fingerprint density at radius 1 is 1.20 bits per heavy atom. The van der Waals surface area contributed by atoms with Crippen molar-refractivity contribution < 1.29 is 9.53 Å². The van der Waals surface area contributed by atoms with Crippen molar-refractivity contribution in [2.75, 3.05) is 6.61 Å². The number of aromatic nitrogens is 3. The van der Waals surface area contributed by atoms with E-state index in [0.717, 1.165) is 43.9 Å². The van der Waals surface area contributed by atoms with Crippen LogP contribution in [0.5, 0.6) is 0 Å². The molecule has 3 aromatic heterocycles. The minimum absolute atomic E-state index is 0.113. The Kier molecular flexibility index (Phi) is 5.16. The number of rotatable bonds is 5. The highest BCUT2D eigenvalue weighted by molar-refractivity contribution is 7.25. The Morgan fingerprint density at radius 2 is 2.03 bits per heavy atom. The molecule has 0 aromatic carbocycles. The van der Waals surface area contributed by atoms with Crippen molar-refractivity contribution in [3.05, 3.63) is 39.2 Å². The number of thiophene rings is 1. The van der Waals surface area contributed by atoms with E-state index < -0.39 is 5.69 Å². The summed E-state index contributed by atoms with van der Waals surface area (Å²) in [7, 11) is 0. The largest absolute Gasteiger partial charge is 0.376 e. The number of nitrogens with zero attached hydrogens (tertiary/aromatic N) is 3. The van der Waals surface area contributed by atoms with Crippen LogP contribution in [0.25, 0.3) is 20.4 Å². The van der Waals surface area contributed by atoms with Crippen LogP contribution in [-0.4, -0.2) is 38.8 Å². The third-order valence-corrected chi connectivity index (χ3v) is 7.13. The van der Waals surface area contributed by atoms with Gasteiger partial charge in [-0.3, -0.25) is 18.7 Å². The summed E-state index contributed by atoms with van der Waals surface area (Å²) in [5.74, 6) is -0.198. The summed E-state index contributed by atoms with van der Waals surface area (Å²) in [6.07, 6.45) is 7.43. The molecule has 1 saturated carbocycles. The molecular weight excluding hydrogens is 404 g/mol. The molecule has 5 rings (SSSR count). The van der Waals surface area contributed by atoms with E-state index in [0.29, 0.717) is 21.7 Å². The Balaban J connectivity index is 1.62. The molecule has 0 bridgehead atoms. The molecule has 158 valence electrons. The summed E-state index contributed by atoms with van der Waals surface area (Å²) in [5.41, 5.74) is -0.294. The molecule has 9 heteroatoms. The second-order valence-electron chi connectivity index (χ2n) is 8.10. The predicted molar refractivity (Wildman–Crippen MR) is 115 cm³/mol. The maximum atomic E-state index is 13.4. The Hall–Kier alpha value is -2.52. The molecule has 1 saturated heterocycles. The van der Waals surface area contributed by atoms with Gasteiger partial charge in [-0.15, -0.1) is 11.3 Å². The fourth-order valence-corrected chi connectivity index (χ4v) is 5.67. The lowest BCUT2D eigenvalue weighted by Gasteiger charge is -2.16. The van der Waals surface area contributed by atoms with Crippen LogP contribution in [0.2, 0.25) is 0 Å². The number of fused-ring (bicyclic) bond motifs is 3. The monoisotopic (exact) mass is 428 g/mol. The minimum Gasteiger partial charge on any atom is -0.376 e. The summed E-state index contributed by atoms with van der Waals surface area (Å²) in [4.78, 5) is 44.4. The van der Waals surface area contributed by atoms with Crippen LogP contribution in [0.1, 0.15) is 38.5 Å². The van der Waals surface area contributed by atoms with E-state index >= 15 is 0 Å². The molecule has 1 atom stereocenters. The average Bonchev–Trinajstić information content (AvgIpc) is 3.49. The fourth-order valence-electron chi connectivity index (χ4n) is 4.57. The van der Waals surface area contributed by atoms with Crippen LogP contribution in [-0.2, 0) is 22.6 Å². The summed E-state index contributed by atoms with van der Waals surface area (Å²) < 4.78 is 8.78. The van der Waals surface area contributed by atoms with E-state index in [-0.39, 0.29) is 36.7 Å². The zero-order chi connectivity index (χ0) is 20.7. The van der Waals surface area contributed by atoms with E-state index in [4.69, 9.17) is 4.74 Å². The van der Waals surface area contributed by atoms with Gasteiger partial charge in [-0.2, -0.15) is 0 Å². The van der Waals surface area contributed by atoms with Gasteiger partial charge in [-0.25, -0.2) is 9.78 Å². The third-order valence-electron chi connectivity index (χ3n) is 6.04. The van der Waals surface area contributed by atoms with Crippen molar-refractivity contribution in [2.45, 2.75) is 63.8 Å². The Labute approximate surface area is 176 Å². The van der Waals surface area contributed by atoms with Gasteiger partial charge in [0.2, 0.25) is 5.91 Å². The van der Waals surface area contributed by atoms with E-state index in [9.17, 15) is 14.4 Å². The molecule has 1 N–H and O–H groups in total. The first kappa shape index (κ1) is 19.4. The normalized spacial score (nSPS) is 19.8. The van der Waals surface area contributed by atoms with Gasteiger partial charge in [-0.1, -0.05) is 12.8 Å². The molecule has 1 aliphatic heterocycles. The molecule has 0 radical (unpaired) electrons. The second kappa shape index (κ2) is 7.96. The Bertz CT molecular complexity index is 1220. The van der Waals surface area contributed by atoms with Gasteiger partial charge in [0.05, 0.1) is 18.2 Å². The second-order valence-corrected chi connectivity index (χ2v) is 9.10. The summed E-state index contributed by atoms with van der Waals surface area (Å²) >= 11 is 1.27. The zero-order valence-corrected chi connectivity index (χ0v) is 17.5. The number of nitrogens with one attached hydrogen (secondary N) is 1. The molecule has 2 fully saturated rings. The number of hydrogen-bond donors (Lipinski definition) is 1. The average molecular weight is 429 g/mol. The van der Waals surface area contributed by atoms with Crippen molar-refractivity contribution in [3.8, 4) is 0 Å². The lowest BCUT2D eigenvalue weighted by atomic mass is 10.2. The van der Waals surface area contributed by atoms with Crippen LogP contribution in [0.4, 0.5) is 0 Å². The number of hydrogen-bond acceptors (Lipinski definition) is 6. The molecular formula is C21H24N4O4S. The quantitative estimate of drug-likeness (QED) is 0.671. The van der Waals surface area contributed by atoms with Crippen LogP contribution >= 0.6 is 11.3 Å². The predicted octanol–water partition coefficient (Wildman–Crippen LogP) is 2.01. The molecule has 1 aliphatic carbocycles. The highest BCUT2D eigenvalue weighted by Gasteiger charge is 2.24. The lowest BCUT2D eigenvalue weighted by molar-refractivity contribution is -0.122. The summed E-state index contributed by atoms with van der Waals surface area (Å²) in [6.45, 7) is 0.740. The maximum Gasteiger partial charge on any atom is 0.332 e. The van der Waals surface area contributed by atoms with Crippen LogP contribution < -0.4 is 16.6 Å². The highest BCUT2D eigenvalue weighted by Crippen LogP contribution is 2.29. The van der Waals surface area contributed by atoms with Gasteiger partial charge in [0.15, 0.2) is 0 Å². The van der Waals surface area contributed by atoms with Gasteiger partial charge < -0.3 is 10.1 Å². The van der Waals surface area contributed by atoms with E-state index in [1.165, 1.54) is 20.5 Å². The van der Waals surface area contributed by atoms with Crippen LogP contribution in [0.15, 0.2) is 27.9 Å². The standard InChI is InChI=1S/C21H24N4O4S/c26-16(23-13-5-1-2-6-13)12-24-17-15-8-3-9-22-19(15)30-18(17)20(27)25(21(24)28)11-14-7-4-10-29-14/h3,8-9,13-14H,1-2,4-7,10-12H2,(H,23,26)/t14-/m1/s1.